The molecule has 8 nitrogen and oxygen atoms in total. The second-order valence-corrected chi connectivity index (χ2v) is 7.64. The van der Waals surface area contributed by atoms with Gasteiger partial charge in [0.1, 0.15) is 17.3 Å². The van der Waals surface area contributed by atoms with Gasteiger partial charge in [-0.25, -0.2) is 14.4 Å². The fourth-order valence-electron chi connectivity index (χ4n) is 3.69. The van der Waals surface area contributed by atoms with Crippen LogP contribution in [0.15, 0.2) is 48.8 Å². The Labute approximate surface area is 184 Å². The van der Waals surface area contributed by atoms with E-state index in [4.69, 9.17) is 4.74 Å². The monoisotopic (exact) mass is 437 g/mol. The maximum absolute atomic E-state index is 13.2. The van der Waals surface area contributed by atoms with Crippen LogP contribution in [0.25, 0.3) is 0 Å². The van der Waals surface area contributed by atoms with Crippen molar-refractivity contribution in [2.75, 3.05) is 6.61 Å². The summed E-state index contributed by atoms with van der Waals surface area (Å²) in [5.74, 6) is -0.483. The number of amides is 2. The van der Waals surface area contributed by atoms with Gasteiger partial charge in [-0.15, -0.1) is 0 Å². The smallest absolute Gasteiger partial charge is 0.268 e. The number of carbonyl (C=O) groups is 2. The van der Waals surface area contributed by atoms with Crippen molar-refractivity contribution in [2.45, 2.75) is 39.1 Å². The number of nitrogens with zero attached hydrogens (tertiary/aromatic N) is 3. The molecule has 166 valence electrons. The highest BCUT2D eigenvalue weighted by Crippen LogP contribution is 2.23. The number of halogens is 1. The molecular formula is C23H24FN5O3. The molecule has 0 spiro atoms. The van der Waals surface area contributed by atoms with E-state index in [2.05, 4.69) is 20.6 Å². The number of rotatable bonds is 6. The van der Waals surface area contributed by atoms with Crippen LogP contribution in [0.5, 0.6) is 0 Å². The average molecular weight is 437 g/mol. The third kappa shape index (κ3) is 4.52. The van der Waals surface area contributed by atoms with Gasteiger partial charge in [-0.3, -0.25) is 9.59 Å². The molecule has 0 saturated carbocycles. The molecule has 32 heavy (non-hydrogen) atoms. The molecule has 2 N–H and O–H groups in total. The van der Waals surface area contributed by atoms with E-state index in [-0.39, 0.29) is 30.3 Å². The summed E-state index contributed by atoms with van der Waals surface area (Å²) in [5, 5.41) is 5.81. The summed E-state index contributed by atoms with van der Waals surface area (Å²) in [5.41, 5.74) is 2.19. The molecule has 3 aromatic rings. The second-order valence-electron chi connectivity index (χ2n) is 7.64. The minimum absolute atomic E-state index is 0.236. The van der Waals surface area contributed by atoms with Crippen molar-refractivity contribution in [3.05, 3.63) is 82.9 Å². The Balaban J connectivity index is 1.55. The first kappa shape index (κ1) is 21.6. The summed E-state index contributed by atoms with van der Waals surface area (Å²) >= 11 is 0. The first-order chi connectivity index (χ1) is 15.4. The van der Waals surface area contributed by atoms with Crippen LogP contribution in [-0.2, 0) is 17.9 Å². The predicted molar refractivity (Wildman–Crippen MR) is 114 cm³/mol. The molecule has 2 atom stereocenters. The lowest BCUT2D eigenvalue weighted by molar-refractivity contribution is 0.0774. The van der Waals surface area contributed by atoms with Gasteiger partial charge in [-0.1, -0.05) is 12.1 Å². The van der Waals surface area contributed by atoms with E-state index in [1.165, 1.54) is 12.1 Å². The number of aromatic nitrogens is 3. The molecule has 2 amide bonds. The molecule has 1 aliphatic heterocycles. The van der Waals surface area contributed by atoms with Crippen LogP contribution >= 0.6 is 0 Å². The van der Waals surface area contributed by atoms with E-state index in [0.29, 0.717) is 35.9 Å². The molecule has 4 rings (SSSR count). The first-order valence-electron chi connectivity index (χ1n) is 10.4. The minimum atomic E-state index is -0.403. The molecule has 9 heteroatoms. The quantitative estimate of drug-likeness (QED) is 0.618. The molecule has 0 radical (unpaired) electrons. The highest BCUT2D eigenvalue weighted by Gasteiger charge is 2.27. The van der Waals surface area contributed by atoms with Crippen LogP contribution in [0, 0.1) is 5.82 Å². The van der Waals surface area contributed by atoms with Gasteiger partial charge >= 0.3 is 0 Å². The lowest BCUT2D eigenvalue weighted by Crippen LogP contribution is -2.30. The van der Waals surface area contributed by atoms with Crippen LogP contribution in [-0.4, -0.2) is 33.0 Å². The number of carbonyl (C=O) groups excluding carboxylic acids is 2. The van der Waals surface area contributed by atoms with Gasteiger partial charge in [0.2, 0.25) is 0 Å². The van der Waals surface area contributed by atoms with Gasteiger partial charge in [-0.05, 0) is 43.7 Å². The largest absolute Gasteiger partial charge is 0.373 e. The van der Waals surface area contributed by atoms with Crippen molar-refractivity contribution in [1.29, 1.82) is 0 Å². The van der Waals surface area contributed by atoms with Crippen molar-refractivity contribution in [3.63, 3.8) is 0 Å². The lowest BCUT2D eigenvalue weighted by Gasteiger charge is -2.20. The van der Waals surface area contributed by atoms with Crippen LogP contribution in [0.1, 0.15) is 63.9 Å². The summed E-state index contributed by atoms with van der Waals surface area (Å²) in [6, 6.07) is 8.54. The summed E-state index contributed by atoms with van der Waals surface area (Å²) in [4.78, 5) is 34.4. The minimum Gasteiger partial charge on any atom is -0.373 e. The van der Waals surface area contributed by atoms with Gasteiger partial charge in [-0.2, -0.15) is 0 Å². The number of hydrogen-bond donors (Lipinski definition) is 2. The van der Waals surface area contributed by atoms with Gasteiger partial charge in [0.15, 0.2) is 0 Å². The zero-order chi connectivity index (χ0) is 22.7. The Hall–Kier alpha value is -3.59. The summed E-state index contributed by atoms with van der Waals surface area (Å²) in [7, 11) is 0. The molecule has 0 aliphatic carbocycles. The molecule has 0 saturated heterocycles. The average Bonchev–Trinajstić information content (AvgIpc) is 3.20. The Morgan fingerprint density at radius 1 is 1.06 bits per heavy atom. The van der Waals surface area contributed by atoms with E-state index >= 15 is 0 Å². The molecule has 0 bridgehead atoms. The number of ether oxygens (including phenoxy) is 1. The fraction of sp³-hybridized carbons (Fsp3) is 0.304. The van der Waals surface area contributed by atoms with Crippen molar-refractivity contribution >= 4 is 11.8 Å². The Kier molecular flexibility index (Phi) is 6.27. The Morgan fingerprint density at radius 2 is 1.75 bits per heavy atom. The molecule has 2 aromatic heterocycles. The van der Waals surface area contributed by atoms with E-state index in [1.807, 2.05) is 11.5 Å². The summed E-state index contributed by atoms with van der Waals surface area (Å²) in [6.07, 6.45) is 3.23. The lowest BCUT2D eigenvalue weighted by atomic mass is 10.1. The van der Waals surface area contributed by atoms with E-state index < -0.39 is 6.04 Å². The standard InChI is InChI=1S/C23H24FN5O3/c1-14(16-4-6-17(24)7-5-16)27-23(31)19-12-18(20-13-32-11-10-29(19)20)22(30)28-15(2)21-25-8-3-9-26-21/h3-9,12,14-15H,10-11,13H2,1-2H3,(H,27,31)(H,28,30). The summed E-state index contributed by atoms with van der Waals surface area (Å²) in [6.45, 7) is 4.77. The molecular weight excluding hydrogens is 413 g/mol. The van der Waals surface area contributed by atoms with Gasteiger partial charge < -0.3 is 19.9 Å². The van der Waals surface area contributed by atoms with Gasteiger partial charge in [0.25, 0.3) is 11.8 Å². The Morgan fingerprint density at radius 3 is 2.47 bits per heavy atom. The van der Waals surface area contributed by atoms with Crippen LogP contribution in [0.3, 0.4) is 0 Å². The van der Waals surface area contributed by atoms with Crippen molar-refractivity contribution in [2.24, 2.45) is 0 Å². The first-order valence-corrected chi connectivity index (χ1v) is 10.4. The molecule has 0 fully saturated rings. The predicted octanol–water partition coefficient (Wildman–Crippen LogP) is 2.93. The van der Waals surface area contributed by atoms with Gasteiger partial charge in [0, 0.05) is 18.9 Å². The number of benzene rings is 1. The van der Waals surface area contributed by atoms with Crippen molar-refractivity contribution < 1.29 is 18.7 Å². The normalized spacial score (nSPS) is 14.8. The number of hydrogen-bond acceptors (Lipinski definition) is 5. The van der Waals surface area contributed by atoms with Crippen LogP contribution in [0.2, 0.25) is 0 Å². The van der Waals surface area contributed by atoms with E-state index in [0.717, 1.165) is 5.56 Å². The number of nitrogens with one attached hydrogen (secondary N) is 2. The van der Waals surface area contributed by atoms with Crippen LogP contribution < -0.4 is 10.6 Å². The van der Waals surface area contributed by atoms with E-state index in [1.54, 1.807) is 43.6 Å². The highest BCUT2D eigenvalue weighted by atomic mass is 19.1. The molecule has 1 aliphatic rings. The third-order valence-electron chi connectivity index (χ3n) is 5.42. The molecule has 2 unspecified atom stereocenters. The maximum Gasteiger partial charge on any atom is 0.268 e. The second kappa shape index (κ2) is 9.27. The third-order valence-corrected chi connectivity index (χ3v) is 5.42. The molecule has 3 heterocycles. The number of fused-ring (bicyclic) bond motifs is 1. The van der Waals surface area contributed by atoms with Gasteiger partial charge in [0.05, 0.1) is 36.6 Å². The maximum atomic E-state index is 13.2. The zero-order valence-corrected chi connectivity index (χ0v) is 17.8. The topological polar surface area (TPSA) is 98.1 Å². The Bertz CT molecular complexity index is 1110. The van der Waals surface area contributed by atoms with Crippen molar-refractivity contribution in [3.8, 4) is 0 Å². The fourth-order valence-corrected chi connectivity index (χ4v) is 3.69. The highest BCUT2D eigenvalue weighted by molar-refractivity contribution is 6.01. The zero-order valence-electron chi connectivity index (χ0n) is 17.8. The van der Waals surface area contributed by atoms with Crippen LogP contribution in [0.4, 0.5) is 4.39 Å². The van der Waals surface area contributed by atoms with Crippen molar-refractivity contribution in [1.82, 2.24) is 25.2 Å². The van der Waals surface area contributed by atoms with E-state index in [9.17, 15) is 14.0 Å². The molecule has 1 aromatic carbocycles. The summed E-state index contributed by atoms with van der Waals surface area (Å²) < 4.78 is 20.5. The SMILES string of the molecule is CC(NC(=O)c1cc(C(=O)NC(C)c2ncccn2)c2n1CCOC2)c1ccc(F)cc1.